The summed E-state index contributed by atoms with van der Waals surface area (Å²) in [4.78, 5) is 0. The van der Waals surface area contributed by atoms with E-state index in [-0.39, 0.29) is 5.69 Å². The Hall–Kier alpha value is -0.930. The Morgan fingerprint density at radius 2 is 2.00 bits per heavy atom. The van der Waals surface area contributed by atoms with Crippen molar-refractivity contribution in [1.29, 1.82) is 0 Å². The topological polar surface area (TPSA) is 26.0 Å². The summed E-state index contributed by atoms with van der Waals surface area (Å²) in [6.07, 6.45) is -2.53. The van der Waals surface area contributed by atoms with E-state index in [1.165, 1.54) is 0 Å². The number of rotatable bonds is 1. The van der Waals surface area contributed by atoms with Gasteiger partial charge < -0.3 is 4.52 Å². The summed E-state index contributed by atoms with van der Waals surface area (Å²) in [5.74, 6) is 0.454. The molecule has 0 saturated heterocycles. The monoisotopic (exact) mass is 147 g/mol. The minimum Gasteiger partial charge on any atom is -0.361 e. The second-order valence-corrected chi connectivity index (χ2v) is 2.05. The molecule has 0 unspecified atom stereocenters. The Morgan fingerprint density at radius 1 is 1.40 bits per heavy atom. The lowest BCUT2D eigenvalue weighted by Gasteiger charge is -1.90. The van der Waals surface area contributed by atoms with Crippen LogP contribution in [0.4, 0.5) is 8.78 Å². The van der Waals surface area contributed by atoms with E-state index in [1.807, 2.05) is 0 Å². The second-order valence-electron chi connectivity index (χ2n) is 2.05. The average Bonchev–Trinajstić information content (AvgIpc) is 2.14. The van der Waals surface area contributed by atoms with E-state index >= 15 is 0 Å². The lowest BCUT2D eigenvalue weighted by Crippen LogP contribution is -1.86. The molecule has 1 aromatic rings. The molecule has 4 heteroatoms. The first-order chi connectivity index (χ1) is 4.63. The standard InChI is InChI=1S/C6H7F2NO/c1-3-4(2)10-9-5(3)6(7)8/h6H,1-2H3. The third-order valence-electron chi connectivity index (χ3n) is 1.40. The third kappa shape index (κ3) is 1.01. The fraction of sp³-hybridized carbons (Fsp3) is 0.500. The van der Waals surface area contributed by atoms with Gasteiger partial charge in [-0.05, 0) is 13.8 Å². The quantitative estimate of drug-likeness (QED) is 0.608. The molecule has 56 valence electrons. The first kappa shape index (κ1) is 7.18. The molecular weight excluding hydrogens is 140 g/mol. The van der Waals surface area contributed by atoms with Gasteiger partial charge in [0.05, 0.1) is 0 Å². The predicted octanol–water partition coefficient (Wildman–Crippen LogP) is 2.23. The Balaban J connectivity index is 3.05. The fourth-order valence-electron chi connectivity index (χ4n) is 0.638. The van der Waals surface area contributed by atoms with Gasteiger partial charge in [-0.3, -0.25) is 0 Å². The van der Waals surface area contributed by atoms with Crippen molar-refractivity contribution in [3.8, 4) is 0 Å². The van der Waals surface area contributed by atoms with Gasteiger partial charge in [0.25, 0.3) is 6.43 Å². The van der Waals surface area contributed by atoms with Crippen LogP contribution < -0.4 is 0 Å². The number of halogens is 2. The molecule has 1 rings (SSSR count). The van der Waals surface area contributed by atoms with Crippen molar-refractivity contribution in [1.82, 2.24) is 5.16 Å². The Kier molecular flexibility index (Phi) is 1.70. The number of hydrogen-bond donors (Lipinski definition) is 0. The molecule has 0 spiro atoms. The molecule has 1 heterocycles. The molecule has 0 aliphatic rings. The van der Waals surface area contributed by atoms with Crippen LogP contribution in [0.25, 0.3) is 0 Å². The Morgan fingerprint density at radius 3 is 2.20 bits per heavy atom. The lowest BCUT2D eigenvalue weighted by atomic mass is 10.2. The first-order valence-electron chi connectivity index (χ1n) is 2.84. The second kappa shape index (κ2) is 2.36. The van der Waals surface area contributed by atoms with Gasteiger partial charge in [-0.1, -0.05) is 5.16 Å². The molecule has 0 saturated carbocycles. The highest BCUT2D eigenvalue weighted by atomic mass is 19.3. The van der Waals surface area contributed by atoms with E-state index in [1.54, 1.807) is 13.8 Å². The summed E-state index contributed by atoms with van der Waals surface area (Å²) in [5, 5.41) is 3.19. The molecule has 0 atom stereocenters. The number of aromatic nitrogens is 1. The highest BCUT2D eigenvalue weighted by Gasteiger charge is 2.16. The van der Waals surface area contributed by atoms with Crippen molar-refractivity contribution < 1.29 is 13.3 Å². The lowest BCUT2D eigenvalue weighted by molar-refractivity contribution is 0.140. The fourth-order valence-corrected chi connectivity index (χ4v) is 0.638. The minimum atomic E-state index is -2.53. The van der Waals surface area contributed by atoms with Crippen LogP contribution in [0, 0.1) is 13.8 Å². The molecule has 0 aromatic carbocycles. The first-order valence-corrected chi connectivity index (χ1v) is 2.84. The van der Waals surface area contributed by atoms with Crippen molar-refractivity contribution >= 4 is 0 Å². The van der Waals surface area contributed by atoms with Crippen LogP contribution in [0.5, 0.6) is 0 Å². The van der Waals surface area contributed by atoms with Gasteiger partial charge in [-0.2, -0.15) is 0 Å². The molecule has 2 nitrogen and oxygen atoms in total. The zero-order valence-corrected chi connectivity index (χ0v) is 5.69. The summed E-state index contributed by atoms with van der Waals surface area (Å²) in [6, 6.07) is 0. The van der Waals surface area contributed by atoms with Crippen LogP contribution in [0.2, 0.25) is 0 Å². The van der Waals surface area contributed by atoms with Crippen LogP contribution in [0.1, 0.15) is 23.4 Å². The summed E-state index contributed by atoms with van der Waals surface area (Å²) in [5.41, 5.74) is 0.188. The summed E-state index contributed by atoms with van der Waals surface area (Å²) in [7, 11) is 0. The summed E-state index contributed by atoms with van der Waals surface area (Å²) >= 11 is 0. The number of aryl methyl sites for hydroxylation is 1. The van der Waals surface area contributed by atoms with Crippen LogP contribution in [-0.4, -0.2) is 5.16 Å². The van der Waals surface area contributed by atoms with Crippen molar-refractivity contribution in [2.75, 3.05) is 0 Å². The SMILES string of the molecule is Cc1onc(C(F)F)c1C. The molecule has 0 bridgehead atoms. The van der Waals surface area contributed by atoms with Crippen LogP contribution >= 0.6 is 0 Å². The van der Waals surface area contributed by atoms with Gasteiger partial charge in [0.1, 0.15) is 5.76 Å². The van der Waals surface area contributed by atoms with Crippen molar-refractivity contribution in [2.45, 2.75) is 20.3 Å². The molecule has 1 aromatic heterocycles. The third-order valence-corrected chi connectivity index (χ3v) is 1.40. The van der Waals surface area contributed by atoms with Gasteiger partial charge in [0, 0.05) is 5.56 Å². The Labute approximate surface area is 56.8 Å². The smallest absolute Gasteiger partial charge is 0.284 e. The molecule has 0 aliphatic heterocycles. The number of nitrogens with zero attached hydrogens (tertiary/aromatic N) is 1. The molecule has 0 fully saturated rings. The van der Waals surface area contributed by atoms with Gasteiger partial charge in [-0.15, -0.1) is 0 Å². The zero-order valence-electron chi connectivity index (χ0n) is 5.69. The largest absolute Gasteiger partial charge is 0.361 e. The van der Waals surface area contributed by atoms with E-state index in [4.69, 9.17) is 0 Å². The van der Waals surface area contributed by atoms with E-state index < -0.39 is 6.43 Å². The molecule has 0 N–H and O–H groups in total. The van der Waals surface area contributed by atoms with Crippen LogP contribution in [-0.2, 0) is 0 Å². The van der Waals surface area contributed by atoms with Gasteiger partial charge >= 0.3 is 0 Å². The molecule has 0 aliphatic carbocycles. The van der Waals surface area contributed by atoms with Gasteiger partial charge in [0.15, 0.2) is 5.69 Å². The van der Waals surface area contributed by atoms with Crippen molar-refractivity contribution in [3.05, 3.63) is 17.0 Å². The maximum absolute atomic E-state index is 11.9. The number of alkyl halides is 2. The van der Waals surface area contributed by atoms with E-state index in [9.17, 15) is 8.78 Å². The van der Waals surface area contributed by atoms with Crippen molar-refractivity contribution in [3.63, 3.8) is 0 Å². The predicted molar refractivity (Wildman–Crippen MR) is 30.9 cm³/mol. The molecule has 10 heavy (non-hydrogen) atoms. The maximum atomic E-state index is 11.9. The van der Waals surface area contributed by atoms with E-state index in [2.05, 4.69) is 9.68 Å². The maximum Gasteiger partial charge on any atom is 0.284 e. The molecule has 0 radical (unpaired) electrons. The average molecular weight is 147 g/mol. The highest BCUT2D eigenvalue weighted by molar-refractivity contribution is 5.20. The molecule has 0 amide bonds. The van der Waals surface area contributed by atoms with E-state index in [0.29, 0.717) is 11.3 Å². The Bertz CT molecular complexity index is 232. The molecular formula is C6H7F2NO. The normalized spacial score (nSPS) is 10.9. The summed E-state index contributed by atoms with van der Waals surface area (Å²) < 4.78 is 28.4. The number of hydrogen-bond acceptors (Lipinski definition) is 2. The van der Waals surface area contributed by atoms with Gasteiger partial charge in [-0.25, -0.2) is 8.78 Å². The minimum absolute atomic E-state index is 0.252. The highest BCUT2D eigenvalue weighted by Crippen LogP contribution is 2.22. The van der Waals surface area contributed by atoms with Crippen LogP contribution in [0.3, 0.4) is 0 Å². The summed E-state index contributed by atoms with van der Waals surface area (Å²) in [6.45, 7) is 3.17. The van der Waals surface area contributed by atoms with E-state index in [0.717, 1.165) is 0 Å². The van der Waals surface area contributed by atoms with Crippen LogP contribution in [0.15, 0.2) is 4.52 Å². The zero-order chi connectivity index (χ0) is 7.72. The van der Waals surface area contributed by atoms with Gasteiger partial charge in [0.2, 0.25) is 0 Å². The van der Waals surface area contributed by atoms with Crippen molar-refractivity contribution in [2.24, 2.45) is 0 Å².